The lowest BCUT2D eigenvalue weighted by molar-refractivity contribution is 0.541. The molecule has 0 spiro atoms. The number of benzene rings is 1. The molecule has 0 aliphatic carbocycles. The van der Waals surface area contributed by atoms with Gasteiger partial charge in [-0.25, -0.2) is 0 Å². The van der Waals surface area contributed by atoms with Gasteiger partial charge in [0.25, 0.3) is 0 Å². The first-order valence-electron chi connectivity index (χ1n) is 4.92. The maximum Gasteiger partial charge on any atom is 0.111 e. The summed E-state index contributed by atoms with van der Waals surface area (Å²) in [5, 5.41) is 6.40. The van der Waals surface area contributed by atoms with Gasteiger partial charge >= 0.3 is 0 Å². The lowest BCUT2D eigenvalue weighted by atomic mass is 9.93. The summed E-state index contributed by atoms with van der Waals surface area (Å²) in [4.78, 5) is 10.5. The number of hydrogen-bond donors (Lipinski definition) is 1. The van der Waals surface area contributed by atoms with Crippen molar-refractivity contribution in [1.29, 1.82) is 0 Å². The Kier molecular flexibility index (Phi) is 2.33. The third-order valence-corrected chi connectivity index (χ3v) is 2.87. The summed E-state index contributed by atoms with van der Waals surface area (Å²) in [6.45, 7) is 5.06. The Balaban J connectivity index is 2.54. The quantitative estimate of drug-likeness (QED) is 0.691. The van der Waals surface area contributed by atoms with E-state index in [-0.39, 0.29) is 0 Å². The molecule has 1 aliphatic rings. The number of nitroso groups, excluding NO2 is 1. The monoisotopic (exact) mass is 190 g/mol. The molecule has 3 heteroatoms. The normalized spacial score (nSPS) is 20.3. The van der Waals surface area contributed by atoms with Crippen LogP contribution in [0.4, 0.5) is 5.69 Å². The number of rotatable bonds is 1. The van der Waals surface area contributed by atoms with Crippen LogP contribution in [0.2, 0.25) is 0 Å². The van der Waals surface area contributed by atoms with Crippen molar-refractivity contribution in [3.8, 4) is 0 Å². The standard InChI is InChI=1S/C11H14N2O/c1-7-5-9-3-4-12-8(2)10(9)6-11(7)13-14/h5-6,8,12H,3-4H2,1-2H3. The van der Waals surface area contributed by atoms with Gasteiger partial charge in [0, 0.05) is 6.04 Å². The van der Waals surface area contributed by atoms with Crippen molar-refractivity contribution in [2.45, 2.75) is 26.3 Å². The van der Waals surface area contributed by atoms with Crippen molar-refractivity contribution >= 4 is 5.69 Å². The minimum Gasteiger partial charge on any atom is -0.310 e. The van der Waals surface area contributed by atoms with Gasteiger partial charge in [0.2, 0.25) is 0 Å². The zero-order valence-electron chi connectivity index (χ0n) is 8.50. The molecule has 1 heterocycles. The molecule has 1 unspecified atom stereocenters. The van der Waals surface area contributed by atoms with Crippen LogP contribution >= 0.6 is 0 Å². The Morgan fingerprint density at radius 2 is 2.29 bits per heavy atom. The maximum atomic E-state index is 10.5. The Hall–Kier alpha value is -1.22. The third-order valence-electron chi connectivity index (χ3n) is 2.87. The van der Waals surface area contributed by atoms with Crippen LogP contribution in [-0.4, -0.2) is 6.54 Å². The summed E-state index contributed by atoms with van der Waals surface area (Å²) in [5.74, 6) is 0. The van der Waals surface area contributed by atoms with E-state index in [2.05, 4.69) is 23.5 Å². The molecule has 74 valence electrons. The molecule has 2 rings (SSSR count). The molecule has 0 fully saturated rings. The molecule has 0 bridgehead atoms. The zero-order chi connectivity index (χ0) is 10.1. The highest BCUT2D eigenvalue weighted by molar-refractivity contribution is 5.52. The van der Waals surface area contributed by atoms with Gasteiger partial charge in [-0.3, -0.25) is 0 Å². The highest BCUT2D eigenvalue weighted by Gasteiger charge is 2.17. The van der Waals surface area contributed by atoms with Crippen molar-refractivity contribution < 1.29 is 0 Å². The van der Waals surface area contributed by atoms with Crippen LogP contribution in [0.15, 0.2) is 17.3 Å². The van der Waals surface area contributed by atoms with Crippen molar-refractivity contribution in [3.05, 3.63) is 33.7 Å². The molecular weight excluding hydrogens is 176 g/mol. The van der Waals surface area contributed by atoms with E-state index in [4.69, 9.17) is 0 Å². The first-order chi connectivity index (χ1) is 6.72. The molecule has 0 saturated carbocycles. The summed E-state index contributed by atoms with van der Waals surface area (Å²) in [5.41, 5.74) is 4.12. The summed E-state index contributed by atoms with van der Waals surface area (Å²) < 4.78 is 0. The first-order valence-corrected chi connectivity index (χ1v) is 4.92. The van der Waals surface area contributed by atoms with E-state index in [1.165, 1.54) is 11.1 Å². The van der Waals surface area contributed by atoms with Crippen molar-refractivity contribution in [2.24, 2.45) is 5.18 Å². The lowest BCUT2D eigenvalue weighted by Gasteiger charge is -2.24. The minimum absolute atomic E-state index is 0.333. The SMILES string of the molecule is Cc1cc2c(cc1N=O)C(C)NCC2. The average molecular weight is 190 g/mol. The molecule has 0 amide bonds. The van der Waals surface area contributed by atoms with Gasteiger partial charge in [-0.1, -0.05) is 6.07 Å². The van der Waals surface area contributed by atoms with Crippen LogP contribution in [0.3, 0.4) is 0 Å². The van der Waals surface area contributed by atoms with E-state index in [0.29, 0.717) is 11.7 Å². The van der Waals surface area contributed by atoms with Gasteiger partial charge in [0.15, 0.2) is 0 Å². The Labute approximate surface area is 83.5 Å². The summed E-state index contributed by atoms with van der Waals surface area (Å²) >= 11 is 0. The highest BCUT2D eigenvalue weighted by atomic mass is 16.3. The van der Waals surface area contributed by atoms with Crippen LogP contribution in [0.25, 0.3) is 0 Å². The fraction of sp³-hybridized carbons (Fsp3) is 0.455. The van der Waals surface area contributed by atoms with Gasteiger partial charge < -0.3 is 5.32 Å². The minimum atomic E-state index is 0.333. The van der Waals surface area contributed by atoms with Crippen molar-refractivity contribution in [1.82, 2.24) is 5.32 Å². The fourth-order valence-corrected chi connectivity index (χ4v) is 2.02. The molecule has 0 radical (unpaired) electrons. The van der Waals surface area contributed by atoms with Crippen LogP contribution in [0, 0.1) is 11.8 Å². The lowest BCUT2D eigenvalue weighted by Crippen LogP contribution is -2.27. The van der Waals surface area contributed by atoms with Crippen LogP contribution in [0.5, 0.6) is 0 Å². The van der Waals surface area contributed by atoms with Gasteiger partial charge in [-0.15, -0.1) is 4.91 Å². The van der Waals surface area contributed by atoms with E-state index in [0.717, 1.165) is 18.5 Å². The van der Waals surface area contributed by atoms with Gasteiger partial charge in [0.05, 0.1) is 0 Å². The number of nitrogens with one attached hydrogen (secondary N) is 1. The topological polar surface area (TPSA) is 41.5 Å². The molecule has 0 aromatic heterocycles. The molecule has 1 aromatic rings. The van der Waals surface area contributed by atoms with E-state index in [9.17, 15) is 4.91 Å². The third kappa shape index (κ3) is 1.44. The second-order valence-corrected chi connectivity index (χ2v) is 3.85. The number of nitrogens with zero attached hydrogens (tertiary/aromatic N) is 1. The molecule has 0 saturated heterocycles. The molecule has 1 aliphatic heterocycles. The largest absolute Gasteiger partial charge is 0.310 e. The number of aryl methyl sites for hydroxylation is 1. The summed E-state index contributed by atoms with van der Waals surface area (Å²) in [7, 11) is 0. The fourth-order valence-electron chi connectivity index (χ4n) is 2.02. The van der Waals surface area contributed by atoms with Gasteiger partial charge in [-0.05, 0) is 54.7 Å². The zero-order valence-corrected chi connectivity index (χ0v) is 8.50. The highest BCUT2D eigenvalue weighted by Crippen LogP contribution is 2.29. The number of fused-ring (bicyclic) bond motifs is 1. The summed E-state index contributed by atoms with van der Waals surface area (Å²) in [6, 6.07) is 4.33. The predicted octanol–water partition coefficient (Wildman–Crippen LogP) is 2.60. The van der Waals surface area contributed by atoms with Crippen LogP contribution in [-0.2, 0) is 6.42 Å². The Morgan fingerprint density at radius 1 is 1.50 bits per heavy atom. The second-order valence-electron chi connectivity index (χ2n) is 3.85. The van der Waals surface area contributed by atoms with E-state index in [1.54, 1.807) is 0 Å². The first kappa shape index (κ1) is 9.34. The van der Waals surface area contributed by atoms with Crippen LogP contribution < -0.4 is 5.32 Å². The Bertz CT molecular complexity index is 374. The molecule has 1 N–H and O–H groups in total. The van der Waals surface area contributed by atoms with E-state index in [1.807, 2.05) is 13.0 Å². The molecule has 14 heavy (non-hydrogen) atoms. The van der Waals surface area contributed by atoms with E-state index < -0.39 is 0 Å². The van der Waals surface area contributed by atoms with Crippen molar-refractivity contribution in [2.75, 3.05) is 6.54 Å². The van der Waals surface area contributed by atoms with Gasteiger partial charge in [0.1, 0.15) is 5.69 Å². The summed E-state index contributed by atoms with van der Waals surface area (Å²) in [6.07, 6.45) is 1.04. The maximum absolute atomic E-state index is 10.5. The number of hydrogen-bond acceptors (Lipinski definition) is 3. The molecule has 3 nitrogen and oxygen atoms in total. The smallest absolute Gasteiger partial charge is 0.111 e. The van der Waals surface area contributed by atoms with Crippen molar-refractivity contribution in [3.63, 3.8) is 0 Å². The molecule has 1 atom stereocenters. The second kappa shape index (κ2) is 3.50. The van der Waals surface area contributed by atoms with E-state index >= 15 is 0 Å². The molecule has 1 aromatic carbocycles. The van der Waals surface area contributed by atoms with Gasteiger partial charge in [-0.2, -0.15) is 0 Å². The Morgan fingerprint density at radius 3 is 3.00 bits per heavy atom. The molecular formula is C11H14N2O. The predicted molar refractivity (Wildman–Crippen MR) is 56.8 cm³/mol. The van der Waals surface area contributed by atoms with Crippen LogP contribution in [0.1, 0.15) is 29.7 Å². The average Bonchev–Trinajstić information content (AvgIpc) is 2.17.